The van der Waals surface area contributed by atoms with Crippen molar-refractivity contribution in [3.05, 3.63) is 93.8 Å². The van der Waals surface area contributed by atoms with Crippen LogP contribution in [-0.2, 0) is 11.2 Å². The highest BCUT2D eigenvalue weighted by molar-refractivity contribution is 7.98. The molecule has 242 valence electrons. The SMILES string of the molecule is COc1cc(-n2c(C(C)(C)c3ccc4onc(N)c4c3)cnc2SCc2c(F)cc(C(=O)NCC[N+](C)(C)C)cc2Cl)ccc1F. The number of nitrogens with two attached hydrogens (primary N) is 1. The fourth-order valence-electron chi connectivity index (χ4n) is 5.02. The summed E-state index contributed by atoms with van der Waals surface area (Å²) in [6.45, 7) is 5.21. The van der Waals surface area contributed by atoms with E-state index in [0.717, 1.165) is 11.3 Å². The smallest absolute Gasteiger partial charge is 0.251 e. The number of carbonyl (C=O) groups is 1. The van der Waals surface area contributed by atoms with Crippen LogP contribution >= 0.6 is 23.4 Å². The van der Waals surface area contributed by atoms with Crippen LogP contribution in [0.2, 0.25) is 5.02 Å². The number of likely N-dealkylation sites (N-methyl/N-ethyl adjacent to an activating group) is 1. The summed E-state index contributed by atoms with van der Waals surface area (Å²) < 4.78 is 43.0. The zero-order chi connectivity index (χ0) is 33.4. The Morgan fingerprint density at radius 2 is 1.89 bits per heavy atom. The number of nitrogen functional groups attached to an aromatic ring is 1. The molecule has 9 nitrogen and oxygen atoms in total. The van der Waals surface area contributed by atoms with Gasteiger partial charge in [0, 0.05) is 33.4 Å². The third-order valence-corrected chi connectivity index (χ3v) is 9.12. The van der Waals surface area contributed by atoms with Crippen LogP contribution in [0.3, 0.4) is 0 Å². The molecule has 2 aromatic heterocycles. The lowest BCUT2D eigenvalue weighted by molar-refractivity contribution is -0.869. The molecule has 3 N–H and O–H groups in total. The fraction of sp³-hybridized carbons (Fsp3) is 0.303. The Hall–Kier alpha value is -4.13. The molecule has 2 heterocycles. The number of methoxy groups -OCH3 is 1. The molecule has 0 spiro atoms. The van der Waals surface area contributed by atoms with E-state index in [-0.39, 0.29) is 33.5 Å². The zero-order valence-electron chi connectivity index (χ0n) is 26.5. The van der Waals surface area contributed by atoms with E-state index in [4.69, 9.17) is 31.6 Å². The van der Waals surface area contributed by atoms with Crippen molar-refractivity contribution >= 4 is 46.1 Å². The number of amides is 1. The minimum atomic E-state index is -0.644. The maximum Gasteiger partial charge on any atom is 0.251 e. The van der Waals surface area contributed by atoms with E-state index in [1.165, 1.54) is 37.1 Å². The van der Waals surface area contributed by atoms with E-state index < -0.39 is 23.0 Å². The molecule has 0 aliphatic heterocycles. The molecule has 3 aromatic carbocycles. The number of benzene rings is 3. The molecule has 0 bridgehead atoms. The van der Waals surface area contributed by atoms with Crippen LogP contribution in [0.5, 0.6) is 5.75 Å². The minimum Gasteiger partial charge on any atom is -0.494 e. The Labute approximate surface area is 275 Å². The highest BCUT2D eigenvalue weighted by Crippen LogP contribution is 2.39. The summed E-state index contributed by atoms with van der Waals surface area (Å²) in [5.41, 5.74) is 8.61. The van der Waals surface area contributed by atoms with Crippen molar-refractivity contribution in [1.82, 2.24) is 20.0 Å². The first-order valence-electron chi connectivity index (χ1n) is 14.5. The van der Waals surface area contributed by atoms with Crippen LogP contribution in [0.25, 0.3) is 16.7 Å². The van der Waals surface area contributed by atoms with Crippen LogP contribution < -0.4 is 15.8 Å². The summed E-state index contributed by atoms with van der Waals surface area (Å²) in [5, 5.41) is 8.01. The summed E-state index contributed by atoms with van der Waals surface area (Å²) >= 11 is 7.79. The molecule has 5 rings (SSSR count). The maximum absolute atomic E-state index is 15.4. The van der Waals surface area contributed by atoms with Gasteiger partial charge >= 0.3 is 0 Å². The Morgan fingerprint density at radius 1 is 1.13 bits per heavy atom. The Bertz CT molecular complexity index is 1890. The summed E-state index contributed by atoms with van der Waals surface area (Å²) in [6.07, 6.45) is 1.74. The predicted molar refractivity (Wildman–Crippen MR) is 177 cm³/mol. The third-order valence-electron chi connectivity index (χ3n) is 7.80. The molecule has 46 heavy (non-hydrogen) atoms. The number of ether oxygens (including phenoxy) is 1. The van der Waals surface area contributed by atoms with E-state index in [0.29, 0.717) is 39.4 Å². The molecule has 5 aromatic rings. The molecule has 0 aliphatic carbocycles. The van der Waals surface area contributed by atoms with Gasteiger partial charge in [0.1, 0.15) is 5.82 Å². The number of hydrogen-bond acceptors (Lipinski definition) is 7. The Kier molecular flexibility index (Phi) is 9.35. The number of rotatable bonds is 11. The second-order valence-electron chi connectivity index (χ2n) is 12.5. The lowest BCUT2D eigenvalue weighted by atomic mass is 9.81. The number of nitrogens with zero attached hydrogens (tertiary/aromatic N) is 4. The predicted octanol–water partition coefficient (Wildman–Crippen LogP) is 6.59. The van der Waals surface area contributed by atoms with E-state index in [1.54, 1.807) is 18.3 Å². The number of carbonyl (C=O) groups excluding carboxylic acids is 1. The van der Waals surface area contributed by atoms with Gasteiger partial charge in [-0.1, -0.05) is 48.4 Å². The third kappa shape index (κ3) is 6.84. The first-order valence-corrected chi connectivity index (χ1v) is 15.8. The summed E-state index contributed by atoms with van der Waals surface area (Å²) in [6, 6.07) is 12.9. The Morgan fingerprint density at radius 3 is 2.59 bits per heavy atom. The summed E-state index contributed by atoms with van der Waals surface area (Å²) in [5.74, 6) is -1.04. The maximum atomic E-state index is 15.4. The molecule has 0 unspecified atom stereocenters. The lowest BCUT2D eigenvalue weighted by Crippen LogP contribution is -2.41. The molecule has 0 radical (unpaired) electrons. The van der Waals surface area contributed by atoms with Crippen LogP contribution in [0.15, 0.2) is 64.4 Å². The fourth-order valence-corrected chi connectivity index (χ4v) is 6.41. The largest absolute Gasteiger partial charge is 0.494 e. The first kappa shape index (κ1) is 33.2. The number of nitrogens with one attached hydrogen (secondary N) is 1. The van der Waals surface area contributed by atoms with Gasteiger partial charge in [-0.05, 0) is 42.0 Å². The van der Waals surface area contributed by atoms with Gasteiger partial charge in [-0.15, -0.1) is 0 Å². The average molecular weight is 670 g/mol. The number of imidazole rings is 1. The second-order valence-corrected chi connectivity index (χ2v) is 13.8. The monoisotopic (exact) mass is 669 g/mol. The van der Waals surface area contributed by atoms with Crippen molar-refractivity contribution in [1.29, 1.82) is 0 Å². The number of quaternary nitrogens is 1. The highest BCUT2D eigenvalue weighted by Gasteiger charge is 2.31. The lowest BCUT2D eigenvalue weighted by Gasteiger charge is -2.27. The standard InChI is InChI=1S/C33H35ClF2N6O3S/c1-33(2,20-7-10-27-22(15-20)30(37)40-45-27)29-17-39-32(41(29)21-8-9-25(35)28(16-21)44-6)46-18-23-24(34)13-19(14-26(23)36)31(43)38-11-12-42(3,4)5/h7-10,13-17H,11-12,18H2,1-6H3,(H2-,37,38,40,43)/p+1. The molecule has 13 heteroatoms. The Balaban J connectivity index is 1.49. The van der Waals surface area contributed by atoms with E-state index in [1.807, 2.05) is 57.8 Å². The van der Waals surface area contributed by atoms with Gasteiger partial charge in [0.15, 0.2) is 28.1 Å². The molecule has 0 saturated carbocycles. The molecule has 0 fully saturated rings. The summed E-state index contributed by atoms with van der Waals surface area (Å²) in [7, 11) is 7.45. The van der Waals surface area contributed by atoms with Gasteiger partial charge in [-0.3, -0.25) is 9.36 Å². The zero-order valence-corrected chi connectivity index (χ0v) is 28.0. The number of fused-ring (bicyclic) bond motifs is 1. The van der Waals surface area contributed by atoms with E-state index in [9.17, 15) is 9.18 Å². The van der Waals surface area contributed by atoms with Crippen LogP contribution in [-0.4, -0.2) is 66.4 Å². The number of hydrogen-bond donors (Lipinski definition) is 2. The van der Waals surface area contributed by atoms with E-state index in [2.05, 4.69) is 10.5 Å². The highest BCUT2D eigenvalue weighted by atomic mass is 35.5. The van der Waals surface area contributed by atoms with Crippen molar-refractivity contribution < 1.29 is 27.3 Å². The first-order chi connectivity index (χ1) is 21.7. The molecular weight excluding hydrogens is 634 g/mol. The quantitative estimate of drug-likeness (QED) is 0.121. The average Bonchev–Trinajstić information content (AvgIpc) is 3.60. The molecule has 0 atom stereocenters. The molecule has 0 aliphatic rings. The second kappa shape index (κ2) is 12.9. The summed E-state index contributed by atoms with van der Waals surface area (Å²) in [4.78, 5) is 17.4. The number of aromatic nitrogens is 3. The van der Waals surface area contributed by atoms with Crippen molar-refractivity contribution in [2.75, 3.05) is 47.1 Å². The van der Waals surface area contributed by atoms with Crippen LogP contribution in [0.4, 0.5) is 14.6 Å². The number of anilines is 1. The minimum absolute atomic E-state index is 0.0639. The van der Waals surface area contributed by atoms with Crippen molar-refractivity contribution in [2.45, 2.75) is 30.2 Å². The van der Waals surface area contributed by atoms with Crippen LogP contribution in [0, 0.1) is 11.6 Å². The van der Waals surface area contributed by atoms with Gasteiger partial charge in [0.25, 0.3) is 5.91 Å². The van der Waals surface area contributed by atoms with Gasteiger partial charge in [0.2, 0.25) is 0 Å². The number of thioether (sulfide) groups is 1. The van der Waals surface area contributed by atoms with Gasteiger partial charge in [-0.25, -0.2) is 13.8 Å². The topological polar surface area (TPSA) is 108 Å². The van der Waals surface area contributed by atoms with Gasteiger partial charge in [0.05, 0.1) is 64.3 Å². The van der Waals surface area contributed by atoms with Crippen molar-refractivity contribution in [3.8, 4) is 11.4 Å². The normalized spacial score (nSPS) is 12.1. The van der Waals surface area contributed by atoms with E-state index >= 15 is 4.39 Å². The van der Waals surface area contributed by atoms with Gasteiger partial charge < -0.3 is 24.8 Å². The van der Waals surface area contributed by atoms with Crippen molar-refractivity contribution in [2.24, 2.45) is 0 Å². The molecule has 1 amide bonds. The number of halogens is 3. The molecule has 0 saturated heterocycles. The van der Waals surface area contributed by atoms with Crippen molar-refractivity contribution in [3.63, 3.8) is 0 Å². The molecular formula is C33H36ClF2N6O3S+. The van der Waals surface area contributed by atoms with Gasteiger partial charge in [-0.2, -0.15) is 0 Å². The van der Waals surface area contributed by atoms with Crippen LogP contribution in [0.1, 0.15) is 41.0 Å².